The van der Waals surface area contributed by atoms with Crippen LogP contribution in [-0.2, 0) is 9.47 Å². The SMILES string of the molecule is CC1(COc2ccc(OCCNCC(O)COc3ccccc3)cc2)OCCO1. The van der Waals surface area contributed by atoms with Crippen molar-refractivity contribution in [2.45, 2.75) is 18.8 Å². The first-order valence-corrected chi connectivity index (χ1v) is 9.83. The Labute approximate surface area is 171 Å². The zero-order valence-corrected chi connectivity index (χ0v) is 16.7. The average molecular weight is 403 g/mol. The lowest BCUT2D eigenvalue weighted by Gasteiger charge is -2.22. The zero-order valence-electron chi connectivity index (χ0n) is 16.7. The van der Waals surface area contributed by atoms with Gasteiger partial charge in [-0.05, 0) is 43.3 Å². The lowest BCUT2D eigenvalue weighted by Crippen LogP contribution is -2.33. The Morgan fingerprint density at radius 2 is 1.55 bits per heavy atom. The Bertz CT molecular complexity index is 703. The minimum atomic E-state index is -0.669. The maximum atomic E-state index is 9.94. The molecular formula is C22H29NO6. The normalized spacial score (nSPS) is 16.3. The Morgan fingerprint density at radius 3 is 2.24 bits per heavy atom. The van der Waals surface area contributed by atoms with Crippen LogP contribution in [0.2, 0.25) is 0 Å². The van der Waals surface area contributed by atoms with E-state index >= 15 is 0 Å². The number of hydrogen-bond acceptors (Lipinski definition) is 7. The highest BCUT2D eigenvalue weighted by atomic mass is 16.7. The monoisotopic (exact) mass is 403 g/mol. The van der Waals surface area contributed by atoms with Gasteiger partial charge < -0.3 is 34.1 Å². The number of benzene rings is 2. The average Bonchev–Trinajstić information content (AvgIpc) is 3.19. The van der Waals surface area contributed by atoms with E-state index in [1.165, 1.54) is 0 Å². The number of ether oxygens (including phenoxy) is 5. The molecule has 0 saturated carbocycles. The van der Waals surface area contributed by atoms with Gasteiger partial charge in [0.1, 0.15) is 43.2 Å². The molecule has 1 aliphatic heterocycles. The second kappa shape index (κ2) is 11.0. The van der Waals surface area contributed by atoms with Gasteiger partial charge >= 0.3 is 0 Å². The lowest BCUT2D eigenvalue weighted by molar-refractivity contribution is -0.162. The number of nitrogens with one attached hydrogen (secondary N) is 1. The molecular weight excluding hydrogens is 374 g/mol. The van der Waals surface area contributed by atoms with Crippen LogP contribution in [0.15, 0.2) is 54.6 Å². The topological polar surface area (TPSA) is 78.4 Å². The second-order valence-electron chi connectivity index (χ2n) is 6.92. The number of rotatable bonds is 12. The van der Waals surface area contributed by atoms with Crippen molar-refractivity contribution in [2.75, 3.05) is 46.1 Å². The lowest BCUT2D eigenvalue weighted by atomic mass is 10.3. The highest BCUT2D eigenvalue weighted by Crippen LogP contribution is 2.22. The molecule has 1 atom stereocenters. The first kappa shape index (κ1) is 21.4. The standard InChI is InChI=1S/C22H29NO6/c1-22(28-13-14-29-22)17-27-21-9-7-20(8-10-21)25-12-11-23-15-18(24)16-26-19-5-3-2-4-6-19/h2-10,18,23-24H,11-17H2,1H3. The van der Waals surface area contributed by atoms with Gasteiger partial charge in [0, 0.05) is 13.1 Å². The molecule has 0 radical (unpaired) electrons. The van der Waals surface area contributed by atoms with Crippen molar-refractivity contribution in [1.82, 2.24) is 5.32 Å². The van der Waals surface area contributed by atoms with Gasteiger partial charge in [-0.25, -0.2) is 0 Å². The summed E-state index contributed by atoms with van der Waals surface area (Å²) in [5.74, 6) is 1.57. The van der Waals surface area contributed by atoms with Gasteiger partial charge in [0.25, 0.3) is 0 Å². The molecule has 0 aliphatic carbocycles. The Balaban J connectivity index is 1.25. The number of hydrogen-bond donors (Lipinski definition) is 2. The van der Waals surface area contributed by atoms with Gasteiger partial charge in [-0.15, -0.1) is 0 Å². The Hall–Kier alpha value is -2.32. The highest BCUT2D eigenvalue weighted by molar-refractivity contribution is 5.31. The quantitative estimate of drug-likeness (QED) is 0.526. The van der Waals surface area contributed by atoms with E-state index in [0.29, 0.717) is 39.5 Å². The summed E-state index contributed by atoms with van der Waals surface area (Å²) in [6, 6.07) is 16.9. The van der Waals surface area contributed by atoms with Gasteiger partial charge in [0.2, 0.25) is 0 Å². The summed E-state index contributed by atoms with van der Waals surface area (Å²) in [7, 11) is 0. The first-order valence-electron chi connectivity index (χ1n) is 9.83. The maximum absolute atomic E-state index is 9.94. The highest BCUT2D eigenvalue weighted by Gasteiger charge is 2.31. The van der Waals surface area contributed by atoms with Crippen LogP contribution in [0, 0.1) is 0 Å². The molecule has 2 aromatic rings. The molecule has 3 rings (SSSR count). The predicted octanol–water partition coefficient (Wildman–Crippen LogP) is 2.24. The summed E-state index contributed by atoms with van der Waals surface area (Å²) in [4.78, 5) is 0. The molecule has 7 heteroatoms. The summed E-state index contributed by atoms with van der Waals surface area (Å²) >= 11 is 0. The number of para-hydroxylation sites is 1. The van der Waals surface area contributed by atoms with E-state index < -0.39 is 11.9 Å². The van der Waals surface area contributed by atoms with E-state index in [1.54, 1.807) is 0 Å². The zero-order chi connectivity index (χ0) is 20.4. The molecule has 29 heavy (non-hydrogen) atoms. The molecule has 0 aromatic heterocycles. The molecule has 1 unspecified atom stereocenters. The van der Waals surface area contributed by atoms with Crippen LogP contribution in [0.5, 0.6) is 17.2 Å². The minimum absolute atomic E-state index is 0.245. The third kappa shape index (κ3) is 7.55. The summed E-state index contributed by atoms with van der Waals surface area (Å²) in [5.41, 5.74) is 0. The van der Waals surface area contributed by atoms with E-state index in [0.717, 1.165) is 17.2 Å². The fourth-order valence-electron chi connectivity index (χ4n) is 2.76. The molecule has 2 aromatic carbocycles. The van der Waals surface area contributed by atoms with Crippen molar-refractivity contribution in [3.63, 3.8) is 0 Å². The number of aliphatic hydroxyl groups excluding tert-OH is 1. The largest absolute Gasteiger partial charge is 0.492 e. The van der Waals surface area contributed by atoms with Crippen LogP contribution in [0.25, 0.3) is 0 Å². The first-order chi connectivity index (χ1) is 14.1. The fraction of sp³-hybridized carbons (Fsp3) is 0.455. The van der Waals surface area contributed by atoms with Crippen molar-refractivity contribution < 1.29 is 28.8 Å². The minimum Gasteiger partial charge on any atom is -0.492 e. The molecule has 0 amide bonds. The molecule has 1 saturated heterocycles. The van der Waals surface area contributed by atoms with Crippen LogP contribution < -0.4 is 19.5 Å². The fourth-order valence-corrected chi connectivity index (χ4v) is 2.76. The molecule has 1 heterocycles. The van der Waals surface area contributed by atoms with Gasteiger partial charge in [-0.2, -0.15) is 0 Å². The molecule has 0 spiro atoms. The van der Waals surface area contributed by atoms with Gasteiger partial charge in [0.15, 0.2) is 5.79 Å². The summed E-state index contributed by atoms with van der Waals surface area (Å²) in [6.07, 6.45) is -0.582. The van der Waals surface area contributed by atoms with Crippen molar-refractivity contribution in [2.24, 2.45) is 0 Å². The summed E-state index contributed by atoms with van der Waals surface area (Å²) < 4.78 is 27.9. The van der Waals surface area contributed by atoms with Crippen LogP contribution in [0.4, 0.5) is 0 Å². The molecule has 158 valence electrons. The molecule has 7 nitrogen and oxygen atoms in total. The van der Waals surface area contributed by atoms with E-state index in [-0.39, 0.29) is 6.61 Å². The van der Waals surface area contributed by atoms with Crippen molar-refractivity contribution >= 4 is 0 Å². The molecule has 1 fully saturated rings. The van der Waals surface area contributed by atoms with E-state index in [1.807, 2.05) is 61.5 Å². The van der Waals surface area contributed by atoms with Crippen LogP contribution in [0.3, 0.4) is 0 Å². The Kier molecular flexibility index (Phi) is 8.13. The second-order valence-corrected chi connectivity index (χ2v) is 6.92. The van der Waals surface area contributed by atoms with Crippen LogP contribution >= 0.6 is 0 Å². The van der Waals surface area contributed by atoms with Crippen LogP contribution in [0.1, 0.15) is 6.92 Å². The third-order valence-electron chi connectivity index (χ3n) is 4.34. The van der Waals surface area contributed by atoms with Crippen molar-refractivity contribution in [3.8, 4) is 17.2 Å². The summed E-state index contributed by atoms with van der Waals surface area (Å²) in [6.45, 7) is 5.19. The maximum Gasteiger partial charge on any atom is 0.200 e. The van der Waals surface area contributed by atoms with E-state index in [4.69, 9.17) is 23.7 Å². The molecule has 0 bridgehead atoms. The third-order valence-corrected chi connectivity index (χ3v) is 4.34. The van der Waals surface area contributed by atoms with Gasteiger partial charge in [-0.3, -0.25) is 0 Å². The van der Waals surface area contributed by atoms with Crippen LogP contribution in [-0.4, -0.2) is 63.1 Å². The molecule has 2 N–H and O–H groups in total. The summed E-state index contributed by atoms with van der Waals surface area (Å²) in [5, 5.41) is 13.1. The van der Waals surface area contributed by atoms with E-state index in [2.05, 4.69) is 5.32 Å². The molecule has 1 aliphatic rings. The van der Waals surface area contributed by atoms with E-state index in [9.17, 15) is 5.11 Å². The smallest absolute Gasteiger partial charge is 0.200 e. The van der Waals surface area contributed by atoms with Crippen molar-refractivity contribution in [1.29, 1.82) is 0 Å². The van der Waals surface area contributed by atoms with Crippen molar-refractivity contribution in [3.05, 3.63) is 54.6 Å². The van der Waals surface area contributed by atoms with Gasteiger partial charge in [-0.1, -0.05) is 18.2 Å². The predicted molar refractivity (Wildman–Crippen MR) is 109 cm³/mol. The Morgan fingerprint density at radius 1 is 0.931 bits per heavy atom. The number of aliphatic hydroxyl groups is 1. The van der Waals surface area contributed by atoms with Gasteiger partial charge in [0.05, 0.1) is 13.2 Å².